The topological polar surface area (TPSA) is 51.7 Å². The first-order valence-corrected chi connectivity index (χ1v) is 9.08. The SMILES string of the molecule is Cc1cccc(COCC2CN(C(=O)c3cccc(Br)n3)CCO2)c1. The first-order valence-electron chi connectivity index (χ1n) is 8.28. The van der Waals surface area contributed by atoms with Crippen LogP contribution in [0.5, 0.6) is 0 Å². The summed E-state index contributed by atoms with van der Waals surface area (Å²) in [6, 6.07) is 13.6. The number of amides is 1. The molecule has 0 saturated carbocycles. The molecule has 2 heterocycles. The molecular formula is C19H21BrN2O3. The van der Waals surface area contributed by atoms with Crippen molar-refractivity contribution in [2.75, 3.05) is 26.3 Å². The molecule has 1 saturated heterocycles. The monoisotopic (exact) mass is 404 g/mol. The Bertz CT molecular complexity index is 738. The van der Waals surface area contributed by atoms with Gasteiger partial charge in [-0.15, -0.1) is 0 Å². The van der Waals surface area contributed by atoms with Crippen molar-refractivity contribution in [1.29, 1.82) is 0 Å². The van der Waals surface area contributed by atoms with Crippen molar-refractivity contribution in [2.45, 2.75) is 19.6 Å². The van der Waals surface area contributed by atoms with Crippen LogP contribution in [0.2, 0.25) is 0 Å². The molecule has 0 N–H and O–H groups in total. The van der Waals surface area contributed by atoms with Gasteiger partial charge in [-0.3, -0.25) is 4.79 Å². The van der Waals surface area contributed by atoms with Gasteiger partial charge in [0, 0.05) is 13.1 Å². The van der Waals surface area contributed by atoms with Crippen molar-refractivity contribution in [2.24, 2.45) is 0 Å². The number of nitrogens with zero attached hydrogens (tertiary/aromatic N) is 2. The average molecular weight is 405 g/mol. The van der Waals surface area contributed by atoms with Crippen molar-refractivity contribution in [1.82, 2.24) is 9.88 Å². The highest BCUT2D eigenvalue weighted by Gasteiger charge is 2.26. The highest BCUT2D eigenvalue weighted by atomic mass is 79.9. The number of carbonyl (C=O) groups is 1. The first-order chi connectivity index (χ1) is 12.1. The number of benzene rings is 1. The van der Waals surface area contributed by atoms with Crippen LogP contribution in [0.25, 0.3) is 0 Å². The maximum atomic E-state index is 12.6. The van der Waals surface area contributed by atoms with Crippen LogP contribution in [-0.4, -0.2) is 48.2 Å². The molecule has 1 aromatic carbocycles. The van der Waals surface area contributed by atoms with Crippen LogP contribution >= 0.6 is 15.9 Å². The summed E-state index contributed by atoms with van der Waals surface area (Å²) in [6.07, 6.45) is -0.116. The quantitative estimate of drug-likeness (QED) is 0.717. The van der Waals surface area contributed by atoms with E-state index < -0.39 is 0 Å². The number of aromatic nitrogens is 1. The lowest BCUT2D eigenvalue weighted by Crippen LogP contribution is -2.47. The summed E-state index contributed by atoms with van der Waals surface area (Å²) in [7, 11) is 0. The van der Waals surface area contributed by atoms with E-state index in [1.54, 1.807) is 17.0 Å². The number of aryl methyl sites for hydroxylation is 1. The predicted molar refractivity (Wildman–Crippen MR) is 98.4 cm³/mol. The first kappa shape index (κ1) is 18.0. The molecule has 5 nitrogen and oxygen atoms in total. The van der Waals surface area contributed by atoms with Crippen LogP contribution < -0.4 is 0 Å². The zero-order chi connectivity index (χ0) is 17.6. The summed E-state index contributed by atoms with van der Waals surface area (Å²) in [5, 5.41) is 0. The number of ether oxygens (including phenoxy) is 2. The molecule has 0 bridgehead atoms. The van der Waals surface area contributed by atoms with Crippen LogP contribution in [-0.2, 0) is 16.1 Å². The highest BCUT2D eigenvalue weighted by molar-refractivity contribution is 9.10. The van der Waals surface area contributed by atoms with Gasteiger partial charge in [0.15, 0.2) is 0 Å². The maximum absolute atomic E-state index is 12.6. The summed E-state index contributed by atoms with van der Waals surface area (Å²) >= 11 is 3.30. The van der Waals surface area contributed by atoms with Gasteiger partial charge in [-0.05, 0) is 40.5 Å². The largest absolute Gasteiger partial charge is 0.374 e. The number of carbonyl (C=O) groups excluding carboxylic acids is 1. The fraction of sp³-hybridized carbons (Fsp3) is 0.368. The Morgan fingerprint density at radius 3 is 3.00 bits per heavy atom. The van der Waals surface area contributed by atoms with Crippen molar-refractivity contribution in [3.63, 3.8) is 0 Å². The number of morpholine rings is 1. The van der Waals surface area contributed by atoms with E-state index in [1.807, 2.05) is 18.2 Å². The minimum Gasteiger partial charge on any atom is -0.374 e. The third-order valence-electron chi connectivity index (χ3n) is 4.02. The Morgan fingerprint density at radius 1 is 1.36 bits per heavy atom. The molecule has 1 amide bonds. The lowest BCUT2D eigenvalue weighted by atomic mass is 10.1. The Balaban J connectivity index is 1.51. The fourth-order valence-corrected chi connectivity index (χ4v) is 3.15. The van der Waals surface area contributed by atoms with Gasteiger partial charge in [-0.2, -0.15) is 0 Å². The van der Waals surface area contributed by atoms with E-state index in [0.717, 1.165) is 5.56 Å². The summed E-state index contributed by atoms with van der Waals surface area (Å²) in [4.78, 5) is 18.6. The van der Waals surface area contributed by atoms with Crippen molar-refractivity contribution >= 4 is 21.8 Å². The van der Waals surface area contributed by atoms with E-state index in [0.29, 0.717) is 43.2 Å². The standard InChI is InChI=1S/C19H21BrN2O3/c1-14-4-2-5-15(10-14)12-24-13-16-11-22(8-9-25-16)19(23)17-6-3-7-18(20)21-17/h2-7,10,16H,8-9,11-13H2,1H3. The molecule has 1 atom stereocenters. The van der Waals surface area contributed by atoms with Crippen LogP contribution in [0.3, 0.4) is 0 Å². The fourth-order valence-electron chi connectivity index (χ4n) is 2.80. The Labute approximate surface area is 156 Å². The van der Waals surface area contributed by atoms with E-state index in [2.05, 4.69) is 40.0 Å². The van der Waals surface area contributed by atoms with Gasteiger partial charge >= 0.3 is 0 Å². The van der Waals surface area contributed by atoms with Gasteiger partial charge in [-0.25, -0.2) is 4.98 Å². The Kier molecular flexibility index (Phi) is 6.18. The van der Waals surface area contributed by atoms with Crippen LogP contribution in [0.1, 0.15) is 21.6 Å². The normalized spacial score (nSPS) is 17.5. The van der Waals surface area contributed by atoms with Crippen molar-refractivity contribution in [3.05, 3.63) is 63.9 Å². The maximum Gasteiger partial charge on any atom is 0.272 e. The number of halogens is 1. The van der Waals surface area contributed by atoms with Crippen LogP contribution in [0.4, 0.5) is 0 Å². The lowest BCUT2D eigenvalue weighted by Gasteiger charge is -2.32. The zero-order valence-electron chi connectivity index (χ0n) is 14.2. The van der Waals surface area contributed by atoms with Crippen LogP contribution in [0.15, 0.2) is 47.1 Å². The van der Waals surface area contributed by atoms with Gasteiger partial charge in [-0.1, -0.05) is 35.9 Å². The second kappa shape index (κ2) is 8.56. The smallest absolute Gasteiger partial charge is 0.272 e. The van der Waals surface area contributed by atoms with Gasteiger partial charge in [0.2, 0.25) is 0 Å². The van der Waals surface area contributed by atoms with E-state index >= 15 is 0 Å². The molecule has 2 aromatic rings. The minimum atomic E-state index is -0.116. The minimum absolute atomic E-state index is 0.0757. The molecule has 3 rings (SSSR count). The molecule has 1 fully saturated rings. The van der Waals surface area contributed by atoms with Crippen LogP contribution in [0, 0.1) is 6.92 Å². The molecule has 0 radical (unpaired) electrons. The predicted octanol–water partition coefficient (Wildman–Crippen LogP) is 3.21. The highest BCUT2D eigenvalue weighted by Crippen LogP contribution is 2.13. The number of hydrogen-bond acceptors (Lipinski definition) is 4. The molecule has 132 valence electrons. The molecule has 6 heteroatoms. The summed E-state index contributed by atoms with van der Waals surface area (Å²) in [5.74, 6) is -0.0757. The number of rotatable bonds is 5. The molecule has 1 aromatic heterocycles. The number of hydrogen-bond donors (Lipinski definition) is 0. The van der Waals surface area contributed by atoms with Gasteiger partial charge < -0.3 is 14.4 Å². The van der Waals surface area contributed by atoms with Gasteiger partial charge in [0.05, 0.1) is 25.9 Å². The van der Waals surface area contributed by atoms with Gasteiger partial charge in [0.25, 0.3) is 5.91 Å². The Hall–Kier alpha value is -1.76. The van der Waals surface area contributed by atoms with Crippen molar-refractivity contribution < 1.29 is 14.3 Å². The molecule has 1 aliphatic rings. The summed E-state index contributed by atoms with van der Waals surface area (Å²) in [6.45, 7) is 4.67. The zero-order valence-corrected chi connectivity index (χ0v) is 15.7. The van der Waals surface area contributed by atoms with E-state index in [-0.39, 0.29) is 12.0 Å². The molecule has 0 aliphatic carbocycles. The van der Waals surface area contributed by atoms with Gasteiger partial charge in [0.1, 0.15) is 10.3 Å². The molecule has 25 heavy (non-hydrogen) atoms. The van der Waals surface area contributed by atoms with E-state index in [9.17, 15) is 4.79 Å². The molecule has 0 spiro atoms. The number of pyridine rings is 1. The van der Waals surface area contributed by atoms with Crippen molar-refractivity contribution in [3.8, 4) is 0 Å². The van der Waals surface area contributed by atoms with E-state index in [1.165, 1.54) is 5.56 Å². The third kappa shape index (κ3) is 5.11. The summed E-state index contributed by atoms with van der Waals surface area (Å²) in [5.41, 5.74) is 2.80. The summed E-state index contributed by atoms with van der Waals surface area (Å²) < 4.78 is 12.2. The Morgan fingerprint density at radius 2 is 2.20 bits per heavy atom. The molecule has 1 unspecified atom stereocenters. The average Bonchev–Trinajstić information content (AvgIpc) is 2.61. The van der Waals surface area contributed by atoms with E-state index in [4.69, 9.17) is 9.47 Å². The third-order valence-corrected chi connectivity index (χ3v) is 4.46. The molecule has 1 aliphatic heterocycles. The second-order valence-electron chi connectivity index (χ2n) is 6.09. The molecular weight excluding hydrogens is 384 g/mol. The lowest BCUT2D eigenvalue weighted by molar-refractivity contribution is -0.0648. The second-order valence-corrected chi connectivity index (χ2v) is 6.91.